The van der Waals surface area contributed by atoms with Crippen molar-refractivity contribution >= 4 is 11.9 Å². The number of hydrogen-bond acceptors (Lipinski definition) is 7. The highest BCUT2D eigenvalue weighted by molar-refractivity contribution is 5.32. The van der Waals surface area contributed by atoms with Crippen molar-refractivity contribution in [1.29, 1.82) is 0 Å². The molecular weight excluding hydrogens is 234 g/mol. The average molecular weight is 255 g/mol. The van der Waals surface area contributed by atoms with Crippen LogP contribution in [0.3, 0.4) is 0 Å². The van der Waals surface area contributed by atoms with E-state index in [4.69, 9.17) is 15.2 Å². The lowest BCUT2D eigenvalue weighted by Gasteiger charge is -2.07. The normalized spacial score (nSPS) is 10.3. The lowest BCUT2D eigenvalue weighted by Crippen LogP contribution is -2.11. The SMILES string of the molecule is CCCOc1nc(N)nc(NCCCCOC)n1. The molecule has 7 heteroatoms. The Labute approximate surface area is 107 Å². The summed E-state index contributed by atoms with van der Waals surface area (Å²) in [5.41, 5.74) is 5.58. The fourth-order valence-electron chi connectivity index (χ4n) is 1.28. The molecule has 1 aromatic heterocycles. The van der Waals surface area contributed by atoms with Crippen molar-refractivity contribution in [3.63, 3.8) is 0 Å². The van der Waals surface area contributed by atoms with E-state index in [-0.39, 0.29) is 12.0 Å². The topological polar surface area (TPSA) is 95.2 Å². The van der Waals surface area contributed by atoms with Crippen molar-refractivity contribution in [1.82, 2.24) is 15.0 Å². The van der Waals surface area contributed by atoms with Crippen LogP contribution in [-0.4, -0.2) is 41.8 Å². The van der Waals surface area contributed by atoms with Gasteiger partial charge in [-0.25, -0.2) is 0 Å². The van der Waals surface area contributed by atoms with E-state index in [1.165, 1.54) is 0 Å². The molecule has 0 saturated heterocycles. The molecule has 18 heavy (non-hydrogen) atoms. The predicted molar refractivity (Wildman–Crippen MR) is 69.6 cm³/mol. The Hall–Kier alpha value is -1.63. The van der Waals surface area contributed by atoms with E-state index in [1.54, 1.807) is 7.11 Å². The molecular formula is C11H21N5O2. The third-order valence-corrected chi connectivity index (χ3v) is 2.13. The van der Waals surface area contributed by atoms with E-state index in [2.05, 4.69) is 20.3 Å². The second kappa shape index (κ2) is 8.46. The number of nitrogens with one attached hydrogen (secondary N) is 1. The first-order chi connectivity index (χ1) is 8.76. The first-order valence-electron chi connectivity index (χ1n) is 6.13. The number of rotatable bonds is 9. The van der Waals surface area contributed by atoms with Crippen LogP contribution in [0.1, 0.15) is 26.2 Å². The minimum Gasteiger partial charge on any atom is -0.463 e. The molecule has 102 valence electrons. The van der Waals surface area contributed by atoms with Gasteiger partial charge in [0.05, 0.1) is 6.61 Å². The number of aromatic nitrogens is 3. The van der Waals surface area contributed by atoms with Gasteiger partial charge in [-0.2, -0.15) is 15.0 Å². The van der Waals surface area contributed by atoms with E-state index in [0.29, 0.717) is 12.6 Å². The maximum Gasteiger partial charge on any atom is 0.323 e. The van der Waals surface area contributed by atoms with Crippen molar-refractivity contribution in [2.24, 2.45) is 0 Å². The van der Waals surface area contributed by atoms with Crippen molar-refractivity contribution in [3.8, 4) is 6.01 Å². The van der Waals surface area contributed by atoms with Crippen LogP contribution in [-0.2, 0) is 4.74 Å². The number of methoxy groups -OCH3 is 1. The van der Waals surface area contributed by atoms with Gasteiger partial charge in [0.15, 0.2) is 0 Å². The van der Waals surface area contributed by atoms with Crippen LogP contribution in [0.2, 0.25) is 0 Å². The highest BCUT2D eigenvalue weighted by Gasteiger charge is 2.04. The summed E-state index contributed by atoms with van der Waals surface area (Å²) < 4.78 is 10.3. The van der Waals surface area contributed by atoms with Crippen LogP contribution in [0.25, 0.3) is 0 Å². The average Bonchev–Trinajstić information content (AvgIpc) is 2.35. The molecule has 0 saturated carbocycles. The Morgan fingerprint density at radius 1 is 1.17 bits per heavy atom. The lowest BCUT2D eigenvalue weighted by molar-refractivity contribution is 0.193. The molecule has 0 spiro atoms. The molecule has 1 aromatic rings. The Morgan fingerprint density at radius 3 is 2.72 bits per heavy atom. The summed E-state index contributed by atoms with van der Waals surface area (Å²) in [6.45, 7) is 4.10. The number of nitrogen functional groups attached to an aromatic ring is 1. The zero-order valence-electron chi connectivity index (χ0n) is 11.0. The molecule has 0 radical (unpaired) electrons. The van der Waals surface area contributed by atoms with Gasteiger partial charge in [-0.15, -0.1) is 0 Å². The molecule has 0 unspecified atom stereocenters. The maximum atomic E-state index is 5.58. The second-order valence-corrected chi connectivity index (χ2v) is 3.77. The smallest absolute Gasteiger partial charge is 0.323 e. The molecule has 0 aliphatic carbocycles. The van der Waals surface area contributed by atoms with Crippen LogP contribution in [0, 0.1) is 0 Å². The fourth-order valence-corrected chi connectivity index (χ4v) is 1.28. The summed E-state index contributed by atoms with van der Waals surface area (Å²) >= 11 is 0. The van der Waals surface area contributed by atoms with Gasteiger partial charge in [-0.3, -0.25) is 0 Å². The van der Waals surface area contributed by atoms with Gasteiger partial charge in [0.2, 0.25) is 11.9 Å². The first kappa shape index (κ1) is 14.4. The summed E-state index contributed by atoms with van der Waals surface area (Å²) in [5, 5.41) is 3.08. The molecule has 0 aliphatic heterocycles. The minimum atomic E-state index is 0.162. The quantitative estimate of drug-likeness (QED) is 0.637. The summed E-state index contributed by atoms with van der Waals surface area (Å²) in [6, 6.07) is 0.267. The monoisotopic (exact) mass is 255 g/mol. The lowest BCUT2D eigenvalue weighted by atomic mass is 10.3. The third kappa shape index (κ3) is 5.62. The minimum absolute atomic E-state index is 0.162. The van der Waals surface area contributed by atoms with Crippen LogP contribution >= 0.6 is 0 Å². The Kier molecular flexibility index (Phi) is 6.78. The largest absolute Gasteiger partial charge is 0.463 e. The summed E-state index contributed by atoms with van der Waals surface area (Å²) in [7, 11) is 1.69. The zero-order chi connectivity index (χ0) is 13.2. The first-order valence-corrected chi connectivity index (χ1v) is 6.13. The standard InChI is InChI=1S/C11H21N5O2/c1-3-7-18-11-15-9(12)14-10(16-11)13-6-4-5-8-17-2/h3-8H2,1-2H3,(H3,12,13,14,15,16). The van der Waals surface area contributed by atoms with Crippen LogP contribution in [0.15, 0.2) is 0 Å². The van der Waals surface area contributed by atoms with E-state index >= 15 is 0 Å². The predicted octanol–water partition coefficient (Wildman–Crippen LogP) is 1.08. The van der Waals surface area contributed by atoms with Crippen molar-refractivity contribution < 1.29 is 9.47 Å². The van der Waals surface area contributed by atoms with Gasteiger partial charge >= 0.3 is 6.01 Å². The molecule has 0 amide bonds. The fraction of sp³-hybridized carbons (Fsp3) is 0.727. The number of nitrogens with zero attached hydrogens (tertiary/aromatic N) is 3. The van der Waals surface area contributed by atoms with Crippen LogP contribution in [0.5, 0.6) is 6.01 Å². The number of nitrogens with two attached hydrogens (primary N) is 1. The zero-order valence-corrected chi connectivity index (χ0v) is 11.0. The van der Waals surface area contributed by atoms with Crippen molar-refractivity contribution in [3.05, 3.63) is 0 Å². The van der Waals surface area contributed by atoms with E-state index in [9.17, 15) is 0 Å². The summed E-state index contributed by atoms with van der Waals surface area (Å²) in [6.07, 6.45) is 2.86. The third-order valence-electron chi connectivity index (χ3n) is 2.13. The molecule has 0 bridgehead atoms. The van der Waals surface area contributed by atoms with Crippen molar-refractivity contribution in [2.75, 3.05) is 37.9 Å². The molecule has 3 N–H and O–H groups in total. The van der Waals surface area contributed by atoms with Gasteiger partial charge < -0.3 is 20.5 Å². The molecule has 0 fully saturated rings. The van der Waals surface area contributed by atoms with Gasteiger partial charge in [0, 0.05) is 20.3 Å². The molecule has 1 heterocycles. The molecule has 1 rings (SSSR count). The number of anilines is 2. The number of unbranched alkanes of at least 4 members (excludes halogenated alkanes) is 1. The molecule has 0 atom stereocenters. The summed E-state index contributed by atoms with van der Waals surface area (Å²) in [4.78, 5) is 12.0. The highest BCUT2D eigenvalue weighted by Crippen LogP contribution is 2.09. The molecule has 7 nitrogen and oxygen atoms in total. The Morgan fingerprint density at radius 2 is 2.00 bits per heavy atom. The van der Waals surface area contributed by atoms with Gasteiger partial charge in [-0.05, 0) is 19.3 Å². The van der Waals surface area contributed by atoms with Crippen LogP contribution in [0.4, 0.5) is 11.9 Å². The van der Waals surface area contributed by atoms with Gasteiger partial charge in [-0.1, -0.05) is 6.92 Å². The molecule has 0 aromatic carbocycles. The van der Waals surface area contributed by atoms with E-state index < -0.39 is 0 Å². The Bertz CT molecular complexity index is 348. The van der Waals surface area contributed by atoms with Gasteiger partial charge in [0.25, 0.3) is 0 Å². The number of hydrogen-bond donors (Lipinski definition) is 2. The molecule has 0 aliphatic rings. The highest BCUT2D eigenvalue weighted by atomic mass is 16.5. The van der Waals surface area contributed by atoms with Crippen molar-refractivity contribution in [2.45, 2.75) is 26.2 Å². The number of ether oxygens (including phenoxy) is 2. The summed E-state index contributed by atoms with van der Waals surface area (Å²) in [5.74, 6) is 0.613. The maximum absolute atomic E-state index is 5.58. The van der Waals surface area contributed by atoms with E-state index in [0.717, 1.165) is 32.4 Å². The van der Waals surface area contributed by atoms with E-state index in [1.807, 2.05) is 6.92 Å². The van der Waals surface area contributed by atoms with Crippen LogP contribution < -0.4 is 15.8 Å². The Balaban J connectivity index is 2.41. The second-order valence-electron chi connectivity index (χ2n) is 3.77. The van der Waals surface area contributed by atoms with Gasteiger partial charge in [0.1, 0.15) is 0 Å².